The van der Waals surface area contributed by atoms with E-state index >= 15 is 0 Å². The summed E-state index contributed by atoms with van der Waals surface area (Å²) < 4.78 is 5.36. The predicted molar refractivity (Wildman–Crippen MR) is 76.9 cm³/mol. The highest BCUT2D eigenvalue weighted by Crippen LogP contribution is 2.22. The van der Waals surface area contributed by atoms with Crippen LogP contribution in [-0.4, -0.2) is 16.1 Å². The first-order valence-electron chi connectivity index (χ1n) is 6.76. The number of anilines is 1. The van der Waals surface area contributed by atoms with Crippen molar-refractivity contribution >= 4 is 11.6 Å². The summed E-state index contributed by atoms with van der Waals surface area (Å²) in [6.07, 6.45) is 0.846. The van der Waals surface area contributed by atoms with Crippen LogP contribution >= 0.6 is 0 Å². The summed E-state index contributed by atoms with van der Waals surface area (Å²) in [7, 11) is 0. The maximum atomic E-state index is 12.2. The van der Waals surface area contributed by atoms with Crippen molar-refractivity contribution in [3.05, 3.63) is 41.1 Å². The molecule has 0 aliphatic rings. The summed E-state index contributed by atoms with van der Waals surface area (Å²) in [5.74, 6) is 0.205. The lowest BCUT2D eigenvalue weighted by atomic mass is 10.1. The van der Waals surface area contributed by atoms with Gasteiger partial charge in [-0.15, -0.1) is 10.2 Å². The van der Waals surface area contributed by atoms with Crippen LogP contribution in [0.3, 0.4) is 0 Å². The number of nitrogens with zero attached hydrogens (tertiary/aromatic N) is 2. The van der Waals surface area contributed by atoms with Gasteiger partial charge >= 0.3 is 11.8 Å². The fourth-order valence-corrected chi connectivity index (χ4v) is 1.93. The van der Waals surface area contributed by atoms with Gasteiger partial charge in [-0.3, -0.25) is 4.79 Å². The van der Waals surface area contributed by atoms with Crippen molar-refractivity contribution in [3.8, 4) is 0 Å². The van der Waals surface area contributed by atoms with Gasteiger partial charge in [0.15, 0.2) is 0 Å². The molecule has 106 valence electrons. The topological polar surface area (TPSA) is 68.0 Å². The number of nitrogens with one attached hydrogen (secondary N) is 1. The van der Waals surface area contributed by atoms with E-state index in [-0.39, 0.29) is 17.7 Å². The van der Waals surface area contributed by atoms with Crippen LogP contribution in [0.25, 0.3) is 0 Å². The van der Waals surface area contributed by atoms with Crippen molar-refractivity contribution in [1.82, 2.24) is 10.2 Å². The molecule has 1 heterocycles. The fourth-order valence-electron chi connectivity index (χ4n) is 1.93. The number of carbonyl (C=O) groups is 1. The molecule has 1 aromatic heterocycles. The van der Waals surface area contributed by atoms with Crippen LogP contribution in [0.5, 0.6) is 0 Å². The summed E-state index contributed by atoms with van der Waals surface area (Å²) in [5, 5.41) is 10.5. The quantitative estimate of drug-likeness (QED) is 0.927. The molecule has 0 radical (unpaired) electrons. The Hall–Kier alpha value is -2.17. The molecule has 2 rings (SSSR count). The molecule has 0 fully saturated rings. The molecule has 0 unspecified atom stereocenters. The number of carbonyl (C=O) groups excluding carboxylic acids is 1. The molecule has 0 spiro atoms. The lowest BCUT2D eigenvalue weighted by Crippen LogP contribution is -2.14. The second-order valence-electron chi connectivity index (χ2n) is 5.02. The lowest BCUT2D eigenvalue weighted by molar-refractivity contribution is 0.0988. The molecule has 0 saturated carbocycles. The number of para-hydroxylation sites is 1. The zero-order valence-corrected chi connectivity index (χ0v) is 12.2. The highest BCUT2D eigenvalue weighted by atomic mass is 16.4. The third-order valence-corrected chi connectivity index (χ3v) is 3.11. The molecule has 20 heavy (non-hydrogen) atoms. The second-order valence-corrected chi connectivity index (χ2v) is 5.02. The van der Waals surface area contributed by atoms with Gasteiger partial charge < -0.3 is 9.73 Å². The van der Waals surface area contributed by atoms with Crippen molar-refractivity contribution in [2.75, 3.05) is 5.32 Å². The predicted octanol–water partition coefficient (Wildman–Crippen LogP) is 3.32. The fraction of sp³-hybridized carbons (Fsp3) is 0.400. The van der Waals surface area contributed by atoms with Gasteiger partial charge in [-0.1, -0.05) is 39.0 Å². The highest BCUT2D eigenvalue weighted by Gasteiger charge is 2.18. The molecule has 5 heteroatoms. The average molecular weight is 273 g/mol. The van der Waals surface area contributed by atoms with Crippen molar-refractivity contribution in [2.24, 2.45) is 0 Å². The van der Waals surface area contributed by atoms with Crippen molar-refractivity contribution in [3.63, 3.8) is 0 Å². The number of aromatic nitrogens is 2. The van der Waals surface area contributed by atoms with Gasteiger partial charge in [0.2, 0.25) is 5.89 Å². The molecule has 0 bridgehead atoms. The van der Waals surface area contributed by atoms with Crippen molar-refractivity contribution < 1.29 is 9.21 Å². The molecule has 1 amide bonds. The number of rotatable bonds is 4. The minimum absolute atomic E-state index is 0.000920. The number of aryl methyl sites for hydroxylation is 2. The van der Waals surface area contributed by atoms with E-state index in [1.807, 2.05) is 45.9 Å². The van der Waals surface area contributed by atoms with Crippen molar-refractivity contribution in [2.45, 2.75) is 40.0 Å². The van der Waals surface area contributed by atoms with Gasteiger partial charge in [-0.2, -0.15) is 0 Å². The Kier molecular flexibility index (Phi) is 4.17. The van der Waals surface area contributed by atoms with E-state index < -0.39 is 0 Å². The van der Waals surface area contributed by atoms with Gasteiger partial charge in [0.05, 0.1) is 0 Å². The van der Waals surface area contributed by atoms with Crippen LogP contribution in [0, 0.1) is 6.92 Å². The van der Waals surface area contributed by atoms with Crippen molar-refractivity contribution in [1.29, 1.82) is 0 Å². The Balaban J connectivity index is 2.23. The minimum atomic E-state index is -0.367. The number of hydrogen-bond donors (Lipinski definition) is 1. The SMILES string of the molecule is CCc1cccc(C)c1NC(=O)c1nnc(C(C)C)o1. The molecule has 1 N–H and O–H groups in total. The number of hydrogen-bond acceptors (Lipinski definition) is 4. The number of benzene rings is 1. The maximum Gasteiger partial charge on any atom is 0.313 e. The Morgan fingerprint density at radius 1 is 1.35 bits per heavy atom. The molecule has 0 atom stereocenters. The Morgan fingerprint density at radius 3 is 2.70 bits per heavy atom. The molecule has 0 aliphatic carbocycles. The first-order chi connectivity index (χ1) is 9.52. The Bertz CT molecular complexity index is 617. The highest BCUT2D eigenvalue weighted by molar-refractivity contribution is 6.01. The standard InChI is InChI=1S/C15H19N3O2/c1-5-11-8-6-7-10(4)12(11)16-13(19)15-18-17-14(20-15)9(2)3/h6-9H,5H2,1-4H3,(H,16,19). The molecule has 5 nitrogen and oxygen atoms in total. The first kappa shape index (κ1) is 14.2. The van der Waals surface area contributed by atoms with Crippen LogP contribution < -0.4 is 5.32 Å². The smallest absolute Gasteiger partial charge is 0.313 e. The maximum absolute atomic E-state index is 12.2. The second kappa shape index (κ2) is 5.86. The van der Waals surface area contributed by atoms with Crippen LogP contribution in [0.15, 0.2) is 22.6 Å². The van der Waals surface area contributed by atoms with E-state index in [2.05, 4.69) is 15.5 Å². The molecule has 0 aliphatic heterocycles. The largest absolute Gasteiger partial charge is 0.417 e. The molecule has 2 aromatic rings. The Labute approximate surface area is 118 Å². The van der Waals surface area contributed by atoms with Gasteiger partial charge in [-0.25, -0.2) is 0 Å². The molecule has 1 aromatic carbocycles. The molecular formula is C15H19N3O2. The summed E-state index contributed by atoms with van der Waals surface area (Å²) in [4.78, 5) is 12.2. The normalized spacial score (nSPS) is 10.8. The zero-order chi connectivity index (χ0) is 14.7. The zero-order valence-electron chi connectivity index (χ0n) is 12.2. The van der Waals surface area contributed by atoms with Crippen LogP contribution in [0.2, 0.25) is 0 Å². The van der Waals surface area contributed by atoms with E-state index in [0.717, 1.165) is 23.2 Å². The van der Waals surface area contributed by atoms with Gasteiger partial charge in [0.25, 0.3) is 0 Å². The molecule has 0 saturated heterocycles. The van der Waals surface area contributed by atoms with E-state index in [1.54, 1.807) is 0 Å². The van der Waals surface area contributed by atoms with E-state index in [9.17, 15) is 4.79 Å². The monoisotopic (exact) mass is 273 g/mol. The van der Waals surface area contributed by atoms with E-state index in [4.69, 9.17) is 4.42 Å². The summed E-state index contributed by atoms with van der Waals surface area (Å²) in [6, 6.07) is 5.94. The summed E-state index contributed by atoms with van der Waals surface area (Å²) >= 11 is 0. The minimum Gasteiger partial charge on any atom is -0.417 e. The summed E-state index contributed by atoms with van der Waals surface area (Å²) in [5.41, 5.74) is 2.92. The van der Waals surface area contributed by atoms with Crippen LogP contribution in [-0.2, 0) is 6.42 Å². The van der Waals surface area contributed by atoms with Gasteiger partial charge in [-0.05, 0) is 24.5 Å². The van der Waals surface area contributed by atoms with Crippen LogP contribution in [0.1, 0.15) is 54.4 Å². The lowest BCUT2D eigenvalue weighted by Gasteiger charge is -2.11. The average Bonchev–Trinajstić information content (AvgIpc) is 2.91. The first-order valence-corrected chi connectivity index (χ1v) is 6.76. The Morgan fingerprint density at radius 2 is 2.10 bits per heavy atom. The third kappa shape index (κ3) is 2.87. The van der Waals surface area contributed by atoms with Gasteiger partial charge in [0, 0.05) is 11.6 Å². The van der Waals surface area contributed by atoms with Gasteiger partial charge in [0.1, 0.15) is 0 Å². The number of amides is 1. The van der Waals surface area contributed by atoms with Crippen LogP contribution in [0.4, 0.5) is 5.69 Å². The third-order valence-electron chi connectivity index (χ3n) is 3.11. The summed E-state index contributed by atoms with van der Waals surface area (Å²) in [6.45, 7) is 7.88. The van der Waals surface area contributed by atoms with E-state index in [0.29, 0.717) is 5.89 Å². The van der Waals surface area contributed by atoms with E-state index in [1.165, 1.54) is 0 Å². The molecular weight excluding hydrogens is 254 g/mol.